The van der Waals surface area contributed by atoms with Gasteiger partial charge < -0.3 is 19.7 Å². The number of hydrogen-bond donors (Lipinski definition) is 1. The van der Waals surface area contributed by atoms with Gasteiger partial charge in [-0.15, -0.1) is 0 Å². The van der Waals surface area contributed by atoms with Gasteiger partial charge in [0.15, 0.2) is 11.5 Å². The number of carbonyl (C=O) groups is 1. The molecule has 1 N–H and O–H groups in total. The largest absolute Gasteiger partial charge is 0.454 e. The van der Waals surface area contributed by atoms with Crippen LogP contribution in [-0.4, -0.2) is 55.3 Å². The summed E-state index contributed by atoms with van der Waals surface area (Å²) in [5.74, 6) is 1.41. The van der Waals surface area contributed by atoms with Crippen LogP contribution in [0.15, 0.2) is 18.2 Å². The first-order chi connectivity index (χ1) is 10.8. The molecule has 1 aromatic carbocycles. The molecule has 2 heterocycles. The Labute approximate surface area is 131 Å². The molecule has 0 spiro atoms. The topological polar surface area (TPSA) is 54.0 Å². The Bertz CT molecular complexity index is 527. The lowest BCUT2D eigenvalue weighted by atomic mass is 10.2. The third kappa shape index (κ3) is 3.44. The number of nitrogens with one attached hydrogen (secondary N) is 1. The first-order valence-corrected chi connectivity index (χ1v) is 7.94. The summed E-state index contributed by atoms with van der Waals surface area (Å²) in [5, 5.41) is 2.93. The molecule has 2 aliphatic heterocycles. The lowest BCUT2D eigenvalue weighted by Crippen LogP contribution is -2.50. The summed E-state index contributed by atoms with van der Waals surface area (Å²) < 4.78 is 10.6. The quantitative estimate of drug-likeness (QED) is 0.928. The van der Waals surface area contributed by atoms with E-state index in [0.29, 0.717) is 5.75 Å². The molecule has 1 fully saturated rings. The summed E-state index contributed by atoms with van der Waals surface area (Å²) >= 11 is 0. The first-order valence-electron chi connectivity index (χ1n) is 7.94. The maximum Gasteiger partial charge on any atom is 0.321 e. The van der Waals surface area contributed by atoms with Crippen LogP contribution in [0.5, 0.6) is 11.5 Å². The molecule has 3 rings (SSSR count). The number of hydrogen-bond acceptors (Lipinski definition) is 4. The van der Waals surface area contributed by atoms with E-state index in [1.165, 1.54) is 12.8 Å². The number of piperazine rings is 1. The molecule has 1 saturated heterocycles. The van der Waals surface area contributed by atoms with Crippen molar-refractivity contribution in [2.24, 2.45) is 0 Å². The molecule has 0 aliphatic carbocycles. The summed E-state index contributed by atoms with van der Waals surface area (Å²) in [6.07, 6.45) is 2.44. The Balaban J connectivity index is 1.50. The average molecular weight is 305 g/mol. The first kappa shape index (κ1) is 15.0. The minimum atomic E-state index is -0.0472. The van der Waals surface area contributed by atoms with Crippen LogP contribution in [0.25, 0.3) is 0 Å². The summed E-state index contributed by atoms with van der Waals surface area (Å²) in [5.41, 5.74) is 0.739. The molecule has 6 heteroatoms. The number of urea groups is 1. The molecular formula is C16H23N3O3. The van der Waals surface area contributed by atoms with Crippen molar-refractivity contribution >= 4 is 11.7 Å². The molecule has 6 nitrogen and oxygen atoms in total. The number of ether oxygens (including phenoxy) is 2. The Kier molecular flexibility index (Phi) is 4.68. The van der Waals surface area contributed by atoms with Crippen LogP contribution in [0.3, 0.4) is 0 Å². The molecule has 2 aliphatic rings. The number of unbranched alkanes of at least 4 members (excludes halogenated alkanes) is 1. The van der Waals surface area contributed by atoms with Gasteiger partial charge in [0.1, 0.15) is 0 Å². The average Bonchev–Trinajstić information content (AvgIpc) is 3.01. The zero-order chi connectivity index (χ0) is 15.4. The van der Waals surface area contributed by atoms with E-state index in [1.807, 2.05) is 17.0 Å². The highest BCUT2D eigenvalue weighted by molar-refractivity contribution is 5.89. The standard InChI is InChI=1S/C16H23N3O3/c1-2-3-6-18-7-9-19(10-8-18)16(20)17-13-4-5-14-15(11-13)22-12-21-14/h4-5,11H,2-3,6-10,12H2,1H3,(H,17,20). The Hall–Kier alpha value is -1.95. The molecule has 0 unspecified atom stereocenters. The second kappa shape index (κ2) is 6.87. The molecule has 0 saturated carbocycles. The number of carbonyl (C=O) groups excluding carboxylic acids is 1. The summed E-state index contributed by atoms with van der Waals surface area (Å²) in [6, 6.07) is 5.41. The van der Waals surface area contributed by atoms with Crippen LogP contribution >= 0.6 is 0 Å². The fraction of sp³-hybridized carbons (Fsp3) is 0.562. The van der Waals surface area contributed by atoms with Crippen LogP contribution in [0.1, 0.15) is 19.8 Å². The minimum absolute atomic E-state index is 0.0472. The van der Waals surface area contributed by atoms with E-state index in [1.54, 1.807) is 6.07 Å². The number of benzene rings is 1. The van der Waals surface area contributed by atoms with Gasteiger partial charge in [-0.2, -0.15) is 0 Å². The Morgan fingerprint density at radius 2 is 1.95 bits per heavy atom. The van der Waals surface area contributed by atoms with Gasteiger partial charge in [-0.25, -0.2) is 4.79 Å². The van der Waals surface area contributed by atoms with E-state index in [9.17, 15) is 4.79 Å². The van der Waals surface area contributed by atoms with Gasteiger partial charge in [0.25, 0.3) is 0 Å². The van der Waals surface area contributed by atoms with Crippen LogP contribution < -0.4 is 14.8 Å². The monoisotopic (exact) mass is 305 g/mol. The van der Waals surface area contributed by atoms with Gasteiger partial charge in [0.2, 0.25) is 6.79 Å². The van der Waals surface area contributed by atoms with Gasteiger partial charge in [-0.3, -0.25) is 4.90 Å². The highest BCUT2D eigenvalue weighted by Crippen LogP contribution is 2.34. The summed E-state index contributed by atoms with van der Waals surface area (Å²) in [7, 11) is 0. The Morgan fingerprint density at radius 3 is 2.73 bits per heavy atom. The van der Waals surface area contributed by atoms with Crippen molar-refractivity contribution in [3.05, 3.63) is 18.2 Å². The number of nitrogens with zero attached hydrogens (tertiary/aromatic N) is 2. The maximum atomic E-state index is 12.3. The molecule has 0 bridgehead atoms. The minimum Gasteiger partial charge on any atom is -0.454 e. The van der Waals surface area contributed by atoms with Crippen LogP contribution in [0, 0.1) is 0 Å². The van der Waals surface area contributed by atoms with Crippen molar-refractivity contribution in [3.8, 4) is 11.5 Å². The second-order valence-electron chi connectivity index (χ2n) is 5.68. The fourth-order valence-electron chi connectivity index (χ4n) is 2.73. The summed E-state index contributed by atoms with van der Waals surface area (Å²) in [6.45, 7) is 7.04. The van der Waals surface area contributed by atoms with E-state index in [0.717, 1.165) is 44.2 Å². The third-order valence-corrected chi connectivity index (χ3v) is 4.11. The Morgan fingerprint density at radius 1 is 1.18 bits per heavy atom. The van der Waals surface area contributed by atoms with Crippen LogP contribution in [0.4, 0.5) is 10.5 Å². The van der Waals surface area contributed by atoms with Gasteiger partial charge in [0.05, 0.1) is 0 Å². The van der Waals surface area contributed by atoms with Gasteiger partial charge in [-0.05, 0) is 25.1 Å². The molecule has 0 radical (unpaired) electrons. The molecule has 120 valence electrons. The van der Waals surface area contributed by atoms with E-state index < -0.39 is 0 Å². The predicted octanol–water partition coefficient (Wildman–Crippen LogP) is 2.36. The van der Waals surface area contributed by atoms with Gasteiger partial charge in [0, 0.05) is 37.9 Å². The van der Waals surface area contributed by atoms with Crippen molar-refractivity contribution in [2.45, 2.75) is 19.8 Å². The van der Waals surface area contributed by atoms with E-state index in [2.05, 4.69) is 17.1 Å². The van der Waals surface area contributed by atoms with Gasteiger partial charge in [-0.1, -0.05) is 13.3 Å². The number of amides is 2. The highest BCUT2D eigenvalue weighted by atomic mass is 16.7. The number of fused-ring (bicyclic) bond motifs is 1. The lowest BCUT2D eigenvalue weighted by molar-refractivity contribution is 0.146. The maximum absolute atomic E-state index is 12.3. The normalized spacial score (nSPS) is 17.6. The fourth-order valence-corrected chi connectivity index (χ4v) is 2.73. The lowest BCUT2D eigenvalue weighted by Gasteiger charge is -2.34. The molecule has 2 amide bonds. The molecule has 0 aromatic heterocycles. The van der Waals surface area contributed by atoms with E-state index in [4.69, 9.17) is 9.47 Å². The molecular weight excluding hydrogens is 282 g/mol. The smallest absolute Gasteiger partial charge is 0.321 e. The van der Waals surface area contributed by atoms with Crippen molar-refractivity contribution in [1.82, 2.24) is 9.80 Å². The zero-order valence-electron chi connectivity index (χ0n) is 13.0. The van der Waals surface area contributed by atoms with Crippen LogP contribution in [0.2, 0.25) is 0 Å². The number of rotatable bonds is 4. The SMILES string of the molecule is CCCCN1CCN(C(=O)Nc2ccc3c(c2)OCO3)CC1. The second-order valence-corrected chi connectivity index (χ2v) is 5.68. The molecule has 1 aromatic rings. The molecule has 0 atom stereocenters. The van der Waals surface area contributed by atoms with Crippen molar-refractivity contribution < 1.29 is 14.3 Å². The van der Waals surface area contributed by atoms with Crippen molar-refractivity contribution in [1.29, 1.82) is 0 Å². The third-order valence-electron chi connectivity index (χ3n) is 4.11. The number of anilines is 1. The zero-order valence-corrected chi connectivity index (χ0v) is 13.0. The predicted molar refractivity (Wildman–Crippen MR) is 84.5 cm³/mol. The van der Waals surface area contributed by atoms with E-state index >= 15 is 0 Å². The summed E-state index contributed by atoms with van der Waals surface area (Å²) in [4.78, 5) is 16.6. The molecule has 22 heavy (non-hydrogen) atoms. The van der Waals surface area contributed by atoms with Crippen molar-refractivity contribution in [3.63, 3.8) is 0 Å². The highest BCUT2D eigenvalue weighted by Gasteiger charge is 2.21. The van der Waals surface area contributed by atoms with E-state index in [-0.39, 0.29) is 12.8 Å². The van der Waals surface area contributed by atoms with Crippen molar-refractivity contribution in [2.75, 3.05) is 44.8 Å². The van der Waals surface area contributed by atoms with Crippen LogP contribution in [-0.2, 0) is 0 Å². The van der Waals surface area contributed by atoms with Gasteiger partial charge >= 0.3 is 6.03 Å².